The highest BCUT2D eigenvalue weighted by Gasteiger charge is 2.12. The third-order valence-corrected chi connectivity index (χ3v) is 3.91. The fourth-order valence-corrected chi connectivity index (χ4v) is 2.79. The molecule has 1 aromatic carbocycles. The molecule has 0 saturated heterocycles. The van der Waals surface area contributed by atoms with Crippen LogP contribution in [0, 0.1) is 0 Å². The predicted octanol–water partition coefficient (Wildman–Crippen LogP) is 3.99. The molecule has 1 unspecified atom stereocenters. The van der Waals surface area contributed by atoms with Crippen molar-refractivity contribution < 1.29 is 9.84 Å². The van der Waals surface area contributed by atoms with Gasteiger partial charge in [-0.3, -0.25) is 0 Å². The number of benzene rings is 1. The summed E-state index contributed by atoms with van der Waals surface area (Å²) in [6, 6.07) is 9.50. The van der Waals surface area contributed by atoms with Gasteiger partial charge < -0.3 is 9.84 Å². The number of ether oxygens (including phenoxy) is 1. The lowest BCUT2D eigenvalue weighted by Gasteiger charge is -2.11. The number of rotatable bonds is 4. The summed E-state index contributed by atoms with van der Waals surface area (Å²) in [6.45, 7) is 2.57. The lowest BCUT2D eigenvalue weighted by molar-refractivity contribution is 0.220. The molecule has 0 bridgehead atoms. The van der Waals surface area contributed by atoms with Crippen molar-refractivity contribution >= 4 is 27.3 Å². The highest BCUT2D eigenvalue weighted by atomic mass is 79.9. The Morgan fingerprint density at radius 1 is 1.35 bits per heavy atom. The largest absolute Gasteiger partial charge is 0.494 e. The molecule has 2 rings (SSSR count). The van der Waals surface area contributed by atoms with Crippen LogP contribution in [0.15, 0.2) is 39.5 Å². The fraction of sp³-hybridized carbons (Fsp3) is 0.231. The molecule has 0 aliphatic carbocycles. The summed E-state index contributed by atoms with van der Waals surface area (Å²) in [4.78, 5) is 0. The molecule has 4 heteroatoms. The lowest BCUT2D eigenvalue weighted by Crippen LogP contribution is -1.99. The lowest BCUT2D eigenvalue weighted by atomic mass is 10.0. The summed E-state index contributed by atoms with van der Waals surface area (Å²) >= 11 is 4.96. The molecule has 0 radical (unpaired) electrons. The average Bonchev–Trinajstić information content (AvgIpc) is 2.76. The Bertz CT molecular complexity index is 496. The number of hydrogen-bond donors (Lipinski definition) is 1. The maximum absolute atomic E-state index is 10.2. The summed E-state index contributed by atoms with van der Waals surface area (Å²) in [5.41, 5.74) is 1.75. The Labute approximate surface area is 113 Å². The third kappa shape index (κ3) is 3.09. The monoisotopic (exact) mass is 312 g/mol. The summed E-state index contributed by atoms with van der Waals surface area (Å²) in [5.74, 6) is 0.790. The van der Waals surface area contributed by atoms with Gasteiger partial charge in [0.2, 0.25) is 0 Å². The molecule has 17 heavy (non-hydrogen) atoms. The summed E-state index contributed by atoms with van der Waals surface area (Å²) in [7, 11) is 0. The fourth-order valence-electron chi connectivity index (χ4n) is 1.60. The van der Waals surface area contributed by atoms with Crippen LogP contribution >= 0.6 is 27.3 Å². The van der Waals surface area contributed by atoms with E-state index in [1.807, 2.05) is 42.6 Å². The van der Waals surface area contributed by atoms with E-state index in [2.05, 4.69) is 15.9 Å². The van der Waals surface area contributed by atoms with E-state index < -0.39 is 6.10 Å². The molecule has 90 valence electrons. The van der Waals surface area contributed by atoms with Gasteiger partial charge in [0.1, 0.15) is 11.9 Å². The van der Waals surface area contributed by atoms with E-state index >= 15 is 0 Å². The smallest absolute Gasteiger partial charge is 0.119 e. The van der Waals surface area contributed by atoms with E-state index in [1.54, 1.807) is 11.3 Å². The Hall–Kier alpha value is -0.840. The van der Waals surface area contributed by atoms with E-state index in [0.717, 1.165) is 20.7 Å². The molecule has 0 saturated carbocycles. The van der Waals surface area contributed by atoms with Crippen molar-refractivity contribution in [1.82, 2.24) is 0 Å². The van der Waals surface area contributed by atoms with Gasteiger partial charge in [-0.1, -0.05) is 12.1 Å². The van der Waals surface area contributed by atoms with Crippen LogP contribution in [-0.4, -0.2) is 11.7 Å². The summed E-state index contributed by atoms with van der Waals surface area (Å²) in [5, 5.41) is 12.2. The summed E-state index contributed by atoms with van der Waals surface area (Å²) in [6.07, 6.45) is -0.599. The first-order valence-corrected chi connectivity index (χ1v) is 7.02. The van der Waals surface area contributed by atoms with Crippen LogP contribution in [0.25, 0.3) is 0 Å². The second-order valence-electron chi connectivity index (χ2n) is 3.59. The number of hydrogen-bond acceptors (Lipinski definition) is 3. The first kappa shape index (κ1) is 12.6. The Kier molecular flexibility index (Phi) is 4.20. The molecule has 0 amide bonds. The molecule has 1 N–H and O–H groups in total. The van der Waals surface area contributed by atoms with E-state index in [9.17, 15) is 5.11 Å². The number of aliphatic hydroxyl groups excluding tert-OH is 1. The zero-order valence-electron chi connectivity index (χ0n) is 9.39. The molecule has 2 aromatic rings. The van der Waals surface area contributed by atoms with E-state index in [4.69, 9.17) is 4.74 Å². The topological polar surface area (TPSA) is 29.5 Å². The van der Waals surface area contributed by atoms with E-state index in [0.29, 0.717) is 6.61 Å². The first-order chi connectivity index (χ1) is 8.20. The molecule has 1 aromatic heterocycles. The van der Waals surface area contributed by atoms with Gasteiger partial charge >= 0.3 is 0 Å². The number of halogens is 1. The molecule has 0 aliphatic heterocycles. The quantitative estimate of drug-likeness (QED) is 0.925. The Morgan fingerprint density at radius 3 is 2.82 bits per heavy atom. The average molecular weight is 313 g/mol. The molecule has 0 spiro atoms. The molecule has 1 atom stereocenters. The Balaban J connectivity index is 2.24. The molecule has 1 heterocycles. The standard InChI is InChI=1S/C13H13BrO2S/c1-2-16-11-5-3-4-9(6-11)13(15)10-7-12(14)17-8-10/h3-8,13,15H,2H2,1H3. The van der Waals surface area contributed by atoms with Crippen LogP contribution in [0.3, 0.4) is 0 Å². The molecular formula is C13H13BrO2S. The first-order valence-electron chi connectivity index (χ1n) is 5.35. The van der Waals surface area contributed by atoms with Crippen molar-refractivity contribution in [3.05, 3.63) is 50.6 Å². The van der Waals surface area contributed by atoms with Crippen molar-refractivity contribution in [1.29, 1.82) is 0 Å². The molecule has 2 nitrogen and oxygen atoms in total. The Morgan fingerprint density at radius 2 is 2.18 bits per heavy atom. The second-order valence-corrected chi connectivity index (χ2v) is 5.88. The van der Waals surface area contributed by atoms with Gasteiger partial charge in [-0.25, -0.2) is 0 Å². The minimum Gasteiger partial charge on any atom is -0.494 e. The van der Waals surface area contributed by atoms with Gasteiger partial charge in [-0.05, 0) is 57.6 Å². The SMILES string of the molecule is CCOc1cccc(C(O)c2csc(Br)c2)c1. The predicted molar refractivity (Wildman–Crippen MR) is 73.7 cm³/mol. The van der Waals surface area contributed by atoms with Crippen LogP contribution in [-0.2, 0) is 0 Å². The minimum absolute atomic E-state index is 0.599. The number of thiophene rings is 1. The molecule has 0 fully saturated rings. The van der Waals surface area contributed by atoms with Crippen LogP contribution in [0.1, 0.15) is 24.2 Å². The van der Waals surface area contributed by atoms with Crippen LogP contribution in [0.4, 0.5) is 0 Å². The van der Waals surface area contributed by atoms with Gasteiger partial charge in [0, 0.05) is 0 Å². The van der Waals surface area contributed by atoms with Crippen molar-refractivity contribution in [3.63, 3.8) is 0 Å². The zero-order valence-corrected chi connectivity index (χ0v) is 11.8. The molecule has 0 aliphatic rings. The van der Waals surface area contributed by atoms with Crippen molar-refractivity contribution in [2.45, 2.75) is 13.0 Å². The van der Waals surface area contributed by atoms with E-state index in [1.165, 1.54) is 0 Å². The van der Waals surface area contributed by atoms with Gasteiger partial charge in [0.15, 0.2) is 0 Å². The van der Waals surface area contributed by atoms with Gasteiger partial charge in [-0.15, -0.1) is 11.3 Å². The zero-order chi connectivity index (χ0) is 12.3. The highest BCUT2D eigenvalue weighted by Crippen LogP contribution is 2.30. The van der Waals surface area contributed by atoms with Crippen molar-refractivity contribution in [2.75, 3.05) is 6.61 Å². The maximum Gasteiger partial charge on any atom is 0.119 e. The molecular weight excluding hydrogens is 300 g/mol. The maximum atomic E-state index is 10.2. The number of aliphatic hydroxyl groups is 1. The van der Waals surface area contributed by atoms with Gasteiger partial charge in [0.05, 0.1) is 10.4 Å². The van der Waals surface area contributed by atoms with Crippen LogP contribution in [0.2, 0.25) is 0 Å². The van der Waals surface area contributed by atoms with Crippen molar-refractivity contribution in [2.24, 2.45) is 0 Å². The van der Waals surface area contributed by atoms with E-state index in [-0.39, 0.29) is 0 Å². The van der Waals surface area contributed by atoms with Crippen LogP contribution in [0.5, 0.6) is 5.75 Å². The minimum atomic E-state index is -0.599. The highest BCUT2D eigenvalue weighted by molar-refractivity contribution is 9.11. The second kappa shape index (κ2) is 5.67. The van der Waals surface area contributed by atoms with Gasteiger partial charge in [-0.2, -0.15) is 0 Å². The normalized spacial score (nSPS) is 12.4. The van der Waals surface area contributed by atoms with Crippen LogP contribution < -0.4 is 4.74 Å². The van der Waals surface area contributed by atoms with Gasteiger partial charge in [0.25, 0.3) is 0 Å². The third-order valence-electron chi connectivity index (χ3n) is 2.39. The summed E-state index contributed by atoms with van der Waals surface area (Å²) < 4.78 is 6.44. The van der Waals surface area contributed by atoms with Crippen molar-refractivity contribution in [3.8, 4) is 5.75 Å².